The van der Waals surface area contributed by atoms with E-state index in [4.69, 9.17) is 3.79 Å². The summed E-state index contributed by atoms with van der Waals surface area (Å²) in [5.41, 5.74) is 1.28. The fourth-order valence-corrected chi connectivity index (χ4v) is 2.78. The lowest BCUT2D eigenvalue weighted by molar-refractivity contribution is 0.566. The fourth-order valence-electron chi connectivity index (χ4n) is 1.34. The van der Waals surface area contributed by atoms with Crippen LogP contribution in [0.1, 0.15) is 19.4 Å². The Morgan fingerprint density at radius 2 is 1.92 bits per heavy atom. The number of benzene rings is 1. The Hall–Kier alpha value is -0.448. The maximum atomic E-state index is 5.93. The van der Waals surface area contributed by atoms with Gasteiger partial charge in [0.1, 0.15) is 0 Å². The van der Waals surface area contributed by atoms with E-state index in [1.807, 2.05) is 0 Å². The number of rotatable bonds is 4. The van der Waals surface area contributed by atoms with Gasteiger partial charge in [-0.15, -0.1) is 0 Å². The highest BCUT2D eigenvalue weighted by Crippen LogP contribution is 2.15. The molecule has 0 amide bonds. The van der Waals surface area contributed by atoms with Crippen LogP contribution in [0.4, 0.5) is 0 Å². The zero-order chi connectivity index (χ0) is 9.68. The molecule has 13 heavy (non-hydrogen) atoms. The number of hydrogen-bond donors (Lipinski definition) is 0. The molecular formula is C11H17AlO. The third kappa shape index (κ3) is 3.42. The first-order valence-corrected chi connectivity index (χ1v) is 7.10. The lowest BCUT2D eigenvalue weighted by Crippen LogP contribution is -2.18. The van der Waals surface area contributed by atoms with Crippen LogP contribution in [-0.4, -0.2) is 14.5 Å². The minimum atomic E-state index is -0.939. The monoisotopic (exact) mass is 192 g/mol. The van der Waals surface area contributed by atoms with Crippen LogP contribution in [0.2, 0.25) is 10.6 Å². The average molecular weight is 192 g/mol. The largest absolute Gasteiger partial charge is 0.643 e. The first kappa shape index (κ1) is 10.6. The lowest BCUT2D eigenvalue weighted by Gasteiger charge is -2.12. The van der Waals surface area contributed by atoms with E-state index in [1.54, 1.807) is 0 Å². The zero-order valence-corrected chi connectivity index (χ0v) is 9.86. The van der Waals surface area contributed by atoms with Gasteiger partial charge in [0.05, 0.1) is 5.75 Å². The molecule has 1 aromatic carbocycles. The van der Waals surface area contributed by atoms with Gasteiger partial charge >= 0.3 is 14.5 Å². The van der Waals surface area contributed by atoms with Gasteiger partial charge < -0.3 is 3.79 Å². The van der Waals surface area contributed by atoms with Crippen LogP contribution >= 0.6 is 0 Å². The van der Waals surface area contributed by atoms with Gasteiger partial charge in [-0.05, 0) is 24.6 Å². The van der Waals surface area contributed by atoms with Crippen LogP contribution in [0.15, 0.2) is 24.3 Å². The average Bonchev–Trinajstić information content (AvgIpc) is 2.14. The molecule has 0 saturated carbocycles. The minimum absolute atomic E-state index is 0.939. The van der Waals surface area contributed by atoms with Crippen LogP contribution in [0.25, 0.3) is 0 Å². The summed E-state index contributed by atoms with van der Waals surface area (Å²) in [6.07, 6.45) is 0. The van der Waals surface area contributed by atoms with Crippen LogP contribution in [0, 0.1) is 6.92 Å². The summed E-state index contributed by atoms with van der Waals surface area (Å²) in [5.74, 6) is 1.06. The molecule has 0 spiro atoms. The molecule has 0 bridgehead atoms. The standard InChI is InChI=1S/C7H8O.2C2H5.Al/c1-6-3-2-4-7(8)5-6;2*1-2;/h2-5,8H,1H3;2*1H2,2H3;/q;;;+1/p-1. The van der Waals surface area contributed by atoms with Crippen molar-refractivity contribution < 1.29 is 3.79 Å². The first-order chi connectivity index (χ1) is 6.26. The van der Waals surface area contributed by atoms with Crippen molar-refractivity contribution in [1.29, 1.82) is 0 Å². The van der Waals surface area contributed by atoms with E-state index in [-0.39, 0.29) is 0 Å². The minimum Gasteiger partial charge on any atom is -0.643 e. The van der Waals surface area contributed by atoms with Crippen molar-refractivity contribution >= 4 is 14.5 Å². The Morgan fingerprint density at radius 1 is 1.23 bits per heavy atom. The maximum absolute atomic E-state index is 5.93. The molecule has 0 saturated heterocycles. The van der Waals surface area contributed by atoms with E-state index in [0.717, 1.165) is 5.75 Å². The summed E-state index contributed by atoms with van der Waals surface area (Å²) >= 11 is -0.939. The van der Waals surface area contributed by atoms with Crippen molar-refractivity contribution in [3.8, 4) is 5.75 Å². The van der Waals surface area contributed by atoms with Crippen molar-refractivity contribution in [3.63, 3.8) is 0 Å². The summed E-state index contributed by atoms with van der Waals surface area (Å²) in [7, 11) is 0. The Labute approximate surface area is 85.5 Å². The van der Waals surface area contributed by atoms with E-state index in [1.165, 1.54) is 16.1 Å². The van der Waals surface area contributed by atoms with Gasteiger partial charge in [-0.25, -0.2) is 0 Å². The van der Waals surface area contributed by atoms with Crippen molar-refractivity contribution in [2.75, 3.05) is 0 Å². The SMILES string of the molecule is C[CH2][Al]([CH2]C)[O]c1cccc(C)c1. The highest BCUT2D eigenvalue weighted by atomic mass is 27.2. The Morgan fingerprint density at radius 3 is 2.46 bits per heavy atom. The smallest absolute Gasteiger partial charge is 0.546 e. The van der Waals surface area contributed by atoms with Crippen molar-refractivity contribution in [2.24, 2.45) is 0 Å². The van der Waals surface area contributed by atoms with Gasteiger partial charge in [-0.1, -0.05) is 36.5 Å². The van der Waals surface area contributed by atoms with Crippen molar-refractivity contribution in [3.05, 3.63) is 29.8 Å². The number of hydrogen-bond acceptors (Lipinski definition) is 1. The molecule has 0 aromatic heterocycles. The Balaban J connectivity index is 2.62. The van der Waals surface area contributed by atoms with Crippen LogP contribution < -0.4 is 3.79 Å². The Kier molecular flexibility index (Phi) is 4.35. The molecule has 0 aliphatic rings. The summed E-state index contributed by atoms with van der Waals surface area (Å²) in [5, 5.41) is 2.43. The van der Waals surface area contributed by atoms with E-state index < -0.39 is 14.5 Å². The second-order valence-corrected chi connectivity index (χ2v) is 6.49. The van der Waals surface area contributed by atoms with Crippen LogP contribution in [-0.2, 0) is 0 Å². The van der Waals surface area contributed by atoms with Crippen LogP contribution in [0.5, 0.6) is 5.75 Å². The van der Waals surface area contributed by atoms with Gasteiger partial charge in [0, 0.05) is 0 Å². The molecule has 0 radical (unpaired) electrons. The third-order valence-electron chi connectivity index (χ3n) is 2.20. The molecular weight excluding hydrogens is 175 g/mol. The predicted octanol–water partition coefficient (Wildman–Crippen LogP) is 3.41. The van der Waals surface area contributed by atoms with E-state index in [0.29, 0.717) is 0 Å². The highest BCUT2D eigenvalue weighted by molar-refractivity contribution is 6.52. The molecule has 0 aliphatic heterocycles. The molecule has 0 fully saturated rings. The Bertz CT molecular complexity index is 256. The first-order valence-electron chi connectivity index (χ1n) is 4.99. The second-order valence-electron chi connectivity index (χ2n) is 3.37. The van der Waals surface area contributed by atoms with Crippen LogP contribution in [0.3, 0.4) is 0 Å². The summed E-state index contributed by atoms with van der Waals surface area (Å²) in [6.45, 7) is 6.54. The van der Waals surface area contributed by atoms with E-state index in [2.05, 4.69) is 45.0 Å². The molecule has 2 heteroatoms. The van der Waals surface area contributed by atoms with Crippen molar-refractivity contribution in [1.82, 2.24) is 0 Å². The van der Waals surface area contributed by atoms with E-state index in [9.17, 15) is 0 Å². The summed E-state index contributed by atoms with van der Waals surface area (Å²) in [6, 6.07) is 8.33. The number of aryl methyl sites for hydroxylation is 1. The molecule has 0 N–H and O–H groups in total. The topological polar surface area (TPSA) is 9.23 Å². The molecule has 1 aromatic rings. The molecule has 1 nitrogen and oxygen atoms in total. The molecule has 0 atom stereocenters. The van der Waals surface area contributed by atoms with Crippen molar-refractivity contribution in [2.45, 2.75) is 31.3 Å². The van der Waals surface area contributed by atoms with Gasteiger partial charge in [-0.2, -0.15) is 0 Å². The van der Waals surface area contributed by atoms with Gasteiger partial charge in [-0.3, -0.25) is 0 Å². The molecule has 1 rings (SSSR count). The molecule has 70 valence electrons. The summed E-state index contributed by atoms with van der Waals surface area (Å²) < 4.78 is 5.93. The second kappa shape index (κ2) is 5.32. The molecule has 0 heterocycles. The molecule has 0 unspecified atom stereocenters. The quantitative estimate of drug-likeness (QED) is 0.664. The highest BCUT2D eigenvalue weighted by Gasteiger charge is 2.17. The van der Waals surface area contributed by atoms with Gasteiger partial charge in [0.25, 0.3) is 0 Å². The summed E-state index contributed by atoms with van der Waals surface area (Å²) in [4.78, 5) is 0. The lowest BCUT2D eigenvalue weighted by atomic mass is 10.2. The maximum Gasteiger partial charge on any atom is 0.546 e. The molecule has 0 aliphatic carbocycles. The van der Waals surface area contributed by atoms with Gasteiger partial charge in [0.2, 0.25) is 0 Å². The zero-order valence-electron chi connectivity index (χ0n) is 8.71. The van der Waals surface area contributed by atoms with Gasteiger partial charge in [0.15, 0.2) is 0 Å². The predicted molar refractivity (Wildman–Crippen MR) is 58.5 cm³/mol. The normalized spacial score (nSPS) is 9.77. The van der Waals surface area contributed by atoms with E-state index >= 15 is 0 Å². The fraction of sp³-hybridized carbons (Fsp3) is 0.455. The third-order valence-corrected chi connectivity index (χ3v) is 4.63.